The summed E-state index contributed by atoms with van der Waals surface area (Å²) in [5.74, 6) is -1.36. The number of rotatable bonds is 4. The number of pyridine rings is 1. The van der Waals surface area contributed by atoms with Crippen molar-refractivity contribution in [2.45, 2.75) is 32.9 Å². The highest BCUT2D eigenvalue weighted by Gasteiger charge is 2.25. The lowest BCUT2D eigenvalue weighted by molar-refractivity contribution is -0.129. The smallest absolute Gasteiger partial charge is 0.359 e. The van der Waals surface area contributed by atoms with Gasteiger partial charge in [0.1, 0.15) is 5.02 Å². The van der Waals surface area contributed by atoms with Crippen LogP contribution in [0.2, 0.25) is 15.2 Å². The molecule has 0 radical (unpaired) electrons. The third kappa shape index (κ3) is 4.36. The van der Waals surface area contributed by atoms with E-state index in [9.17, 15) is 9.59 Å². The van der Waals surface area contributed by atoms with E-state index in [0.717, 1.165) is 0 Å². The first-order valence-corrected chi connectivity index (χ1v) is 7.09. The molecule has 3 N–H and O–H groups in total. The van der Waals surface area contributed by atoms with Crippen LogP contribution in [0.5, 0.6) is 0 Å². The lowest BCUT2D eigenvalue weighted by atomic mass is 10.3. The van der Waals surface area contributed by atoms with Crippen molar-refractivity contribution in [1.82, 2.24) is 10.3 Å². The highest BCUT2D eigenvalue weighted by molar-refractivity contribution is 6.46. The SMILES string of the molecule is CC(C)NC(=O)C(C)OC(=O)c1nc(Cl)c(Cl)c(N)c1Cl. The molecule has 0 aromatic carbocycles. The van der Waals surface area contributed by atoms with Gasteiger partial charge >= 0.3 is 5.97 Å². The van der Waals surface area contributed by atoms with Crippen LogP contribution < -0.4 is 11.1 Å². The molecule has 0 aliphatic carbocycles. The van der Waals surface area contributed by atoms with Crippen LogP contribution in [0.25, 0.3) is 0 Å². The van der Waals surface area contributed by atoms with Gasteiger partial charge in [-0.15, -0.1) is 0 Å². The number of ether oxygens (including phenoxy) is 1. The Morgan fingerprint density at radius 2 is 1.76 bits per heavy atom. The fraction of sp³-hybridized carbons (Fsp3) is 0.417. The average Bonchev–Trinajstić information content (AvgIpc) is 2.39. The third-order valence-electron chi connectivity index (χ3n) is 2.35. The number of carbonyl (C=O) groups is 2. The van der Waals surface area contributed by atoms with E-state index in [0.29, 0.717) is 0 Å². The monoisotopic (exact) mass is 353 g/mol. The van der Waals surface area contributed by atoms with Crippen molar-refractivity contribution in [3.8, 4) is 0 Å². The molecule has 1 heterocycles. The molecule has 0 aliphatic rings. The Labute approximate surface area is 136 Å². The number of anilines is 1. The first-order valence-electron chi connectivity index (χ1n) is 5.96. The fourth-order valence-corrected chi connectivity index (χ4v) is 1.92. The molecule has 0 spiro atoms. The van der Waals surface area contributed by atoms with Crippen LogP contribution in [0.1, 0.15) is 31.3 Å². The van der Waals surface area contributed by atoms with Crippen molar-refractivity contribution in [2.75, 3.05) is 5.73 Å². The van der Waals surface area contributed by atoms with E-state index in [1.807, 2.05) is 0 Å². The zero-order valence-electron chi connectivity index (χ0n) is 11.5. The molecule has 1 rings (SSSR count). The van der Waals surface area contributed by atoms with Gasteiger partial charge in [0.05, 0.1) is 10.7 Å². The standard InChI is InChI=1S/C12H14Cl3N3O3/c1-4(2)17-11(19)5(3)21-12(20)9-6(13)8(16)7(14)10(15)18-9/h4-5H,1-3H3,(H2,16,18)(H,17,19). The summed E-state index contributed by atoms with van der Waals surface area (Å²) in [7, 11) is 0. The molecule has 1 aromatic rings. The number of hydrogen-bond donors (Lipinski definition) is 2. The van der Waals surface area contributed by atoms with Gasteiger partial charge in [0.2, 0.25) is 0 Å². The third-order valence-corrected chi connectivity index (χ3v) is 3.48. The van der Waals surface area contributed by atoms with Crippen LogP contribution in [0.15, 0.2) is 0 Å². The van der Waals surface area contributed by atoms with Gasteiger partial charge < -0.3 is 15.8 Å². The predicted octanol–water partition coefficient (Wildman–Crippen LogP) is 2.69. The molecular formula is C12H14Cl3N3O3. The van der Waals surface area contributed by atoms with E-state index in [4.69, 9.17) is 45.3 Å². The number of nitrogens with zero attached hydrogens (tertiary/aromatic N) is 1. The van der Waals surface area contributed by atoms with E-state index in [1.54, 1.807) is 13.8 Å². The van der Waals surface area contributed by atoms with Crippen molar-refractivity contribution in [2.24, 2.45) is 0 Å². The highest BCUT2D eigenvalue weighted by atomic mass is 35.5. The Bertz CT molecular complexity index is 579. The molecule has 0 bridgehead atoms. The van der Waals surface area contributed by atoms with E-state index in [2.05, 4.69) is 10.3 Å². The summed E-state index contributed by atoms with van der Waals surface area (Å²) in [4.78, 5) is 27.4. The molecule has 0 saturated heterocycles. The maximum Gasteiger partial charge on any atom is 0.359 e. The largest absolute Gasteiger partial charge is 0.448 e. The molecular weight excluding hydrogens is 341 g/mol. The maximum absolute atomic E-state index is 12.0. The van der Waals surface area contributed by atoms with Gasteiger partial charge in [-0.25, -0.2) is 9.78 Å². The molecule has 1 amide bonds. The second kappa shape index (κ2) is 7.15. The van der Waals surface area contributed by atoms with Crippen LogP contribution in [-0.4, -0.2) is 29.0 Å². The normalized spacial score (nSPS) is 12.1. The molecule has 9 heteroatoms. The number of halogens is 3. The number of nitrogen functional groups attached to an aromatic ring is 1. The lowest BCUT2D eigenvalue weighted by Crippen LogP contribution is -2.39. The number of nitrogens with one attached hydrogen (secondary N) is 1. The van der Waals surface area contributed by atoms with Gasteiger partial charge in [-0.2, -0.15) is 0 Å². The number of esters is 1. The van der Waals surface area contributed by atoms with Gasteiger partial charge in [-0.3, -0.25) is 4.79 Å². The van der Waals surface area contributed by atoms with Crippen molar-refractivity contribution in [3.05, 3.63) is 20.9 Å². The Kier molecular flexibility index (Phi) is 6.07. The molecule has 1 unspecified atom stereocenters. The minimum Gasteiger partial charge on any atom is -0.448 e. The van der Waals surface area contributed by atoms with Gasteiger partial charge in [0.15, 0.2) is 17.0 Å². The summed E-state index contributed by atoms with van der Waals surface area (Å²) in [6.45, 7) is 4.99. The minimum atomic E-state index is -1.02. The van der Waals surface area contributed by atoms with E-state index in [1.165, 1.54) is 6.92 Å². The second-order valence-electron chi connectivity index (χ2n) is 4.50. The Morgan fingerprint density at radius 3 is 2.29 bits per heavy atom. The number of amides is 1. The summed E-state index contributed by atoms with van der Waals surface area (Å²) in [6, 6.07) is -0.0824. The zero-order chi connectivity index (χ0) is 16.3. The molecule has 0 saturated carbocycles. The van der Waals surface area contributed by atoms with Crippen LogP contribution in [0.3, 0.4) is 0 Å². The van der Waals surface area contributed by atoms with Crippen molar-refractivity contribution in [3.63, 3.8) is 0 Å². The predicted molar refractivity (Wildman–Crippen MR) is 81.8 cm³/mol. The Morgan fingerprint density at radius 1 is 1.19 bits per heavy atom. The van der Waals surface area contributed by atoms with Gasteiger partial charge in [0.25, 0.3) is 5.91 Å². The number of aromatic nitrogens is 1. The Balaban J connectivity index is 2.93. The summed E-state index contributed by atoms with van der Waals surface area (Å²) < 4.78 is 4.97. The van der Waals surface area contributed by atoms with Gasteiger partial charge in [0, 0.05) is 6.04 Å². The minimum absolute atomic E-state index is 0.0520. The molecule has 1 atom stereocenters. The van der Waals surface area contributed by atoms with Crippen LogP contribution in [0.4, 0.5) is 5.69 Å². The topological polar surface area (TPSA) is 94.3 Å². The van der Waals surface area contributed by atoms with Crippen LogP contribution >= 0.6 is 34.8 Å². The number of nitrogens with two attached hydrogens (primary N) is 1. The average molecular weight is 355 g/mol. The molecule has 116 valence electrons. The number of hydrogen-bond acceptors (Lipinski definition) is 5. The van der Waals surface area contributed by atoms with Crippen molar-refractivity contribution >= 4 is 52.4 Å². The van der Waals surface area contributed by atoms with Crippen LogP contribution in [-0.2, 0) is 9.53 Å². The molecule has 0 fully saturated rings. The summed E-state index contributed by atoms with van der Waals surface area (Å²) in [5, 5.41) is 2.20. The quantitative estimate of drug-likeness (QED) is 0.640. The molecule has 1 aromatic heterocycles. The summed E-state index contributed by atoms with van der Waals surface area (Å²) in [5.41, 5.74) is 5.22. The fourth-order valence-electron chi connectivity index (χ4n) is 1.34. The number of carbonyl (C=O) groups excluding carboxylic acids is 2. The van der Waals surface area contributed by atoms with Crippen molar-refractivity contribution < 1.29 is 14.3 Å². The Hall–Kier alpha value is -1.24. The molecule has 0 aliphatic heterocycles. The van der Waals surface area contributed by atoms with E-state index in [-0.39, 0.29) is 32.6 Å². The van der Waals surface area contributed by atoms with Gasteiger partial charge in [-0.05, 0) is 20.8 Å². The van der Waals surface area contributed by atoms with Crippen molar-refractivity contribution in [1.29, 1.82) is 0 Å². The highest BCUT2D eigenvalue weighted by Crippen LogP contribution is 2.34. The van der Waals surface area contributed by atoms with Gasteiger partial charge in [-0.1, -0.05) is 34.8 Å². The van der Waals surface area contributed by atoms with E-state index >= 15 is 0 Å². The lowest BCUT2D eigenvalue weighted by Gasteiger charge is -2.16. The van der Waals surface area contributed by atoms with E-state index < -0.39 is 18.0 Å². The zero-order valence-corrected chi connectivity index (χ0v) is 13.8. The molecule has 21 heavy (non-hydrogen) atoms. The second-order valence-corrected chi connectivity index (χ2v) is 5.62. The first kappa shape index (κ1) is 17.8. The summed E-state index contributed by atoms with van der Waals surface area (Å²) >= 11 is 17.4. The maximum atomic E-state index is 12.0. The summed E-state index contributed by atoms with van der Waals surface area (Å²) in [6.07, 6.45) is -1.02. The van der Waals surface area contributed by atoms with Crippen LogP contribution in [0, 0.1) is 0 Å². The molecule has 6 nitrogen and oxygen atoms in total. The first-order chi connectivity index (χ1) is 9.65.